The number of hydrogen-bond acceptors (Lipinski definition) is 3. The van der Waals surface area contributed by atoms with Crippen molar-refractivity contribution in [2.75, 3.05) is 6.54 Å². The molecule has 0 radical (unpaired) electrons. The molecule has 2 atom stereocenters. The van der Waals surface area contributed by atoms with E-state index in [0.717, 1.165) is 16.9 Å². The van der Waals surface area contributed by atoms with Crippen molar-refractivity contribution in [1.29, 1.82) is 0 Å². The minimum absolute atomic E-state index is 0.133. The highest BCUT2D eigenvalue weighted by Crippen LogP contribution is 2.14. The van der Waals surface area contributed by atoms with Gasteiger partial charge in [-0.1, -0.05) is 47.5 Å². The lowest BCUT2D eigenvalue weighted by molar-refractivity contribution is -0.122. The summed E-state index contributed by atoms with van der Waals surface area (Å²) in [7, 11) is 0. The molecule has 0 saturated carbocycles. The Balaban J connectivity index is 1.83. The van der Waals surface area contributed by atoms with Gasteiger partial charge in [0.05, 0.1) is 6.54 Å². The predicted octanol–water partition coefficient (Wildman–Crippen LogP) is 2.89. The van der Waals surface area contributed by atoms with Crippen molar-refractivity contribution in [3.05, 3.63) is 65.2 Å². The molecular formula is C19H24N2O2. The minimum atomic E-state index is -0.665. The first-order valence-corrected chi connectivity index (χ1v) is 7.79. The Bertz CT molecular complexity index is 635. The summed E-state index contributed by atoms with van der Waals surface area (Å²) in [4.78, 5) is 12.1. The predicted molar refractivity (Wildman–Crippen MR) is 92.4 cm³/mol. The number of amides is 1. The molecule has 2 aromatic rings. The number of benzene rings is 2. The van der Waals surface area contributed by atoms with E-state index in [2.05, 4.69) is 5.32 Å². The average molecular weight is 312 g/mol. The molecule has 122 valence electrons. The van der Waals surface area contributed by atoms with Crippen LogP contribution < -0.4 is 15.8 Å². The van der Waals surface area contributed by atoms with Crippen molar-refractivity contribution in [2.45, 2.75) is 32.9 Å². The summed E-state index contributed by atoms with van der Waals surface area (Å²) in [6.07, 6.45) is -0.133. The Morgan fingerprint density at radius 3 is 2.13 bits per heavy atom. The van der Waals surface area contributed by atoms with Crippen LogP contribution in [0.5, 0.6) is 5.75 Å². The van der Waals surface area contributed by atoms with Crippen LogP contribution in [0.2, 0.25) is 0 Å². The van der Waals surface area contributed by atoms with Crippen LogP contribution in [0.25, 0.3) is 0 Å². The summed E-state index contributed by atoms with van der Waals surface area (Å²) in [5, 5.41) is 2.84. The third kappa shape index (κ3) is 5.11. The minimum Gasteiger partial charge on any atom is -0.489 e. The van der Waals surface area contributed by atoms with Crippen LogP contribution in [0.4, 0.5) is 0 Å². The molecule has 0 aromatic heterocycles. The first-order valence-electron chi connectivity index (χ1n) is 7.79. The molecule has 1 amide bonds. The number of rotatable bonds is 6. The van der Waals surface area contributed by atoms with E-state index in [0.29, 0.717) is 6.54 Å². The van der Waals surface area contributed by atoms with Gasteiger partial charge in [-0.15, -0.1) is 0 Å². The van der Waals surface area contributed by atoms with Crippen LogP contribution in [0.1, 0.15) is 29.7 Å². The third-order valence-corrected chi connectivity index (χ3v) is 3.64. The van der Waals surface area contributed by atoms with Gasteiger partial charge in [0.25, 0.3) is 0 Å². The van der Waals surface area contributed by atoms with E-state index in [1.54, 1.807) is 0 Å². The molecule has 0 aliphatic heterocycles. The van der Waals surface area contributed by atoms with Gasteiger partial charge in [0.1, 0.15) is 17.9 Å². The molecule has 0 spiro atoms. The number of carbonyl (C=O) groups excluding carboxylic acids is 1. The molecule has 0 heterocycles. The highest BCUT2D eigenvalue weighted by Gasteiger charge is 2.16. The fourth-order valence-corrected chi connectivity index (χ4v) is 2.17. The molecule has 2 aromatic carbocycles. The molecule has 3 N–H and O–H groups in total. The van der Waals surface area contributed by atoms with Gasteiger partial charge in [-0.05, 0) is 38.5 Å². The summed E-state index contributed by atoms with van der Waals surface area (Å²) in [5.41, 5.74) is 9.12. The van der Waals surface area contributed by atoms with Crippen molar-refractivity contribution in [2.24, 2.45) is 5.73 Å². The number of hydrogen-bond donors (Lipinski definition) is 2. The van der Waals surface area contributed by atoms with Gasteiger partial charge in [0.15, 0.2) is 0 Å². The quantitative estimate of drug-likeness (QED) is 0.862. The Kier molecular flexibility index (Phi) is 5.77. The summed E-state index contributed by atoms with van der Waals surface area (Å²) < 4.78 is 5.77. The Labute approximate surface area is 137 Å². The zero-order valence-electron chi connectivity index (χ0n) is 13.9. The Morgan fingerprint density at radius 1 is 1.04 bits per heavy atom. The van der Waals surface area contributed by atoms with Crippen molar-refractivity contribution in [3.63, 3.8) is 0 Å². The summed E-state index contributed by atoms with van der Waals surface area (Å²) >= 11 is 0. The van der Waals surface area contributed by atoms with E-state index in [-0.39, 0.29) is 12.0 Å². The zero-order chi connectivity index (χ0) is 16.8. The molecule has 4 nitrogen and oxygen atoms in total. The number of nitrogens with two attached hydrogens (primary N) is 1. The lowest BCUT2D eigenvalue weighted by Crippen LogP contribution is -2.39. The van der Waals surface area contributed by atoms with E-state index >= 15 is 0 Å². The van der Waals surface area contributed by atoms with Crippen molar-refractivity contribution in [3.8, 4) is 5.75 Å². The van der Waals surface area contributed by atoms with Crippen LogP contribution >= 0.6 is 0 Å². The first-order chi connectivity index (χ1) is 11.0. The fourth-order valence-electron chi connectivity index (χ4n) is 2.17. The van der Waals surface area contributed by atoms with Gasteiger partial charge in [-0.25, -0.2) is 0 Å². The summed E-state index contributed by atoms with van der Waals surface area (Å²) in [6, 6.07) is 14.8. The molecule has 0 aliphatic rings. The zero-order valence-corrected chi connectivity index (χ0v) is 13.9. The van der Waals surface area contributed by atoms with Crippen LogP contribution in [0.15, 0.2) is 48.5 Å². The second-order valence-corrected chi connectivity index (χ2v) is 5.88. The molecule has 0 saturated heterocycles. The van der Waals surface area contributed by atoms with Gasteiger partial charge < -0.3 is 15.8 Å². The summed E-state index contributed by atoms with van der Waals surface area (Å²) in [6.45, 7) is 6.35. The van der Waals surface area contributed by atoms with Crippen molar-refractivity contribution < 1.29 is 9.53 Å². The van der Waals surface area contributed by atoms with E-state index in [9.17, 15) is 4.79 Å². The van der Waals surface area contributed by atoms with Gasteiger partial charge in [-0.2, -0.15) is 0 Å². The molecule has 2 unspecified atom stereocenters. The molecular weight excluding hydrogens is 288 g/mol. The van der Waals surface area contributed by atoms with Crippen LogP contribution in [0.3, 0.4) is 0 Å². The van der Waals surface area contributed by atoms with Crippen molar-refractivity contribution >= 4 is 5.91 Å². The van der Waals surface area contributed by atoms with Gasteiger partial charge in [0, 0.05) is 0 Å². The highest BCUT2D eigenvalue weighted by atomic mass is 16.5. The van der Waals surface area contributed by atoms with Gasteiger partial charge in [0.2, 0.25) is 5.91 Å². The Morgan fingerprint density at radius 2 is 1.57 bits per heavy atom. The molecule has 23 heavy (non-hydrogen) atoms. The van der Waals surface area contributed by atoms with E-state index in [1.807, 2.05) is 69.3 Å². The van der Waals surface area contributed by atoms with E-state index in [1.165, 1.54) is 5.56 Å². The maximum absolute atomic E-state index is 12.1. The Hall–Kier alpha value is -2.33. The second kappa shape index (κ2) is 7.79. The van der Waals surface area contributed by atoms with Crippen LogP contribution in [-0.4, -0.2) is 18.6 Å². The number of nitrogens with one attached hydrogen (secondary N) is 1. The third-order valence-electron chi connectivity index (χ3n) is 3.64. The number of aryl methyl sites for hydroxylation is 2. The van der Waals surface area contributed by atoms with E-state index in [4.69, 9.17) is 10.5 Å². The van der Waals surface area contributed by atoms with E-state index < -0.39 is 6.04 Å². The van der Waals surface area contributed by atoms with Crippen molar-refractivity contribution in [1.82, 2.24) is 5.32 Å². The normalized spacial score (nSPS) is 13.2. The van der Waals surface area contributed by atoms with Crippen LogP contribution in [0, 0.1) is 13.8 Å². The summed E-state index contributed by atoms with van der Waals surface area (Å²) in [5.74, 6) is 0.591. The molecule has 0 bridgehead atoms. The molecule has 0 aliphatic carbocycles. The molecule has 2 rings (SSSR count). The van der Waals surface area contributed by atoms with Gasteiger partial charge in [-0.3, -0.25) is 4.79 Å². The SMILES string of the molecule is Cc1ccc(OC(C)CNC(=O)C(N)c2ccc(C)cc2)cc1. The number of carbonyl (C=O) groups is 1. The highest BCUT2D eigenvalue weighted by molar-refractivity contribution is 5.82. The molecule has 4 heteroatoms. The standard InChI is InChI=1S/C19H24N2O2/c1-13-4-8-16(9-5-13)18(20)19(22)21-12-15(3)23-17-10-6-14(2)7-11-17/h4-11,15,18H,12,20H2,1-3H3,(H,21,22). The average Bonchev–Trinajstić information content (AvgIpc) is 2.55. The second-order valence-electron chi connectivity index (χ2n) is 5.88. The molecule has 0 fully saturated rings. The smallest absolute Gasteiger partial charge is 0.241 e. The lowest BCUT2D eigenvalue weighted by atomic mass is 10.1. The van der Waals surface area contributed by atoms with Crippen LogP contribution in [-0.2, 0) is 4.79 Å². The largest absolute Gasteiger partial charge is 0.489 e. The fraction of sp³-hybridized carbons (Fsp3) is 0.316. The first kappa shape index (κ1) is 17.0. The van der Waals surface area contributed by atoms with Gasteiger partial charge >= 0.3 is 0 Å². The number of ether oxygens (including phenoxy) is 1. The monoisotopic (exact) mass is 312 g/mol. The lowest BCUT2D eigenvalue weighted by Gasteiger charge is -2.18. The maximum atomic E-state index is 12.1. The topological polar surface area (TPSA) is 64.3 Å². The maximum Gasteiger partial charge on any atom is 0.241 e.